The molecule has 0 atom stereocenters. The van der Waals surface area contributed by atoms with Gasteiger partial charge in [-0.05, 0) is 12.5 Å². The van der Waals surface area contributed by atoms with Gasteiger partial charge in [0.05, 0.1) is 6.20 Å². The van der Waals surface area contributed by atoms with Gasteiger partial charge in [0.25, 0.3) is 0 Å². The molecule has 2 aromatic rings. The van der Waals surface area contributed by atoms with Crippen molar-refractivity contribution < 1.29 is 0 Å². The van der Waals surface area contributed by atoms with Crippen molar-refractivity contribution in [3.05, 3.63) is 30.5 Å². The number of benzene rings is 1. The normalized spacial score (nSPS) is 11.2. The Hall–Kier alpha value is -1.68. The molecule has 0 unspecified atom stereocenters. The Labute approximate surface area is 114 Å². The summed E-state index contributed by atoms with van der Waals surface area (Å²) in [5.41, 5.74) is 0. The number of nitrogens with zero attached hydrogens (tertiary/aromatic N) is 3. The van der Waals surface area contributed by atoms with Crippen LogP contribution < -0.4 is 10.2 Å². The highest BCUT2D eigenvalue weighted by atomic mass is 15.2. The maximum absolute atomic E-state index is 4.27. The molecule has 1 aromatic heterocycles. The van der Waals surface area contributed by atoms with Crippen molar-refractivity contribution >= 4 is 16.6 Å². The van der Waals surface area contributed by atoms with Crippen LogP contribution in [0.1, 0.15) is 13.8 Å². The molecular weight excluding hydrogens is 236 g/mol. The number of likely N-dealkylation sites (N-methyl/N-ethyl adjacent to an activating group) is 1. The van der Waals surface area contributed by atoms with Gasteiger partial charge in [-0.25, -0.2) is 0 Å². The lowest BCUT2D eigenvalue weighted by Crippen LogP contribution is -2.31. The van der Waals surface area contributed by atoms with E-state index in [-0.39, 0.29) is 0 Å². The molecule has 0 radical (unpaired) electrons. The average Bonchev–Trinajstić information content (AvgIpc) is 2.42. The van der Waals surface area contributed by atoms with Crippen LogP contribution in [0.4, 0.5) is 5.82 Å². The first-order valence-corrected chi connectivity index (χ1v) is 6.80. The summed E-state index contributed by atoms with van der Waals surface area (Å²) in [5.74, 6) is 1.63. The minimum Gasteiger partial charge on any atom is -0.356 e. The monoisotopic (exact) mass is 258 g/mol. The Morgan fingerprint density at radius 1 is 1.26 bits per heavy atom. The first-order chi connectivity index (χ1) is 9.18. The lowest BCUT2D eigenvalue weighted by atomic mass is 10.2. The molecule has 0 aliphatic rings. The number of hydrogen-bond donors (Lipinski definition) is 1. The average molecular weight is 258 g/mol. The van der Waals surface area contributed by atoms with E-state index >= 15 is 0 Å². The molecule has 0 saturated heterocycles. The summed E-state index contributed by atoms with van der Waals surface area (Å²) in [7, 11) is 2.06. The molecule has 19 heavy (non-hydrogen) atoms. The van der Waals surface area contributed by atoms with E-state index in [4.69, 9.17) is 0 Å². The van der Waals surface area contributed by atoms with Gasteiger partial charge in [0, 0.05) is 30.9 Å². The van der Waals surface area contributed by atoms with Crippen molar-refractivity contribution in [3.8, 4) is 0 Å². The van der Waals surface area contributed by atoms with Crippen molar-refractivity contribution in [1.82, 2.24) is 15.5 Å². The molecule has 0 aliphatic carbocycles. The fraction of sp³-hybridized carbons (Fsp3) is 0.467. The van der Waals surface area contributed by atoms with Crippen LogP contribution in [0.2, 0.25) is 0 Å². The van der Waals surface area contributed by atoms with Crippen LogP contribution >= 0.6 is 0 Å². The molecular formula is C15H22N4. The molecule has 0 fully saturated rings. The molecule has 1 heterocycles. The van der Waals surface area contributed by atoms with E-state index in [1.807, 2.05) is 18.3 Å². The van der Waals surface area contributed by atoms with Crippen molar-refractivity contribution in [2.45, 2.75) is 13.8 Å². The Morgan fingerprint density at radius 2 is 2.05 bits per heavy atom. The highest BCUT2D eigenvalue weighted by molar-refractivity contribution is 5.91. The van der Waals surface area contributed by atoms with Gasteiger partial charge < -0.3 is 10.2 Å². The second-order valence-electron chi connectivity index (χ2n) is 5.27. The lowest BCUT2D eigenvalue weighted by Gasteiger charge is -2.19. The predicted molar refractivity (Wildman–Crippen MR) is 80.5 cm³/mol. The van der Waals surface area contributed by atoms with E-state index in [0.29, 0.717) is 5.92 Å². The number of hydrogen-bond acceptors (Lipinski definition) is 4. The Morgan fingerprint density at radius 3 is 2.84 bits per heavy atom. The maximum atomic E-state index is 4.27. The van der Waals surface area contributed by atoms with Crippen LogP contribution in [0.25, 0.3) is 10.8 Å². The highest BCUT2D eigenvalue weighted by Crippen LogP contribution is 2.21. The van der Waals surface area contributed by atoms with Crippen molar-refractivity contribution in [2.75, 3.05) is 31.6 Å². The standard InChI is InChI=1S/C15H22N4/c1-12(2)10-16-8-9-19(3)15-14-7-5-4-6-13(14)11-17-18-15/h4-7,11-12,16H,8-10H2,1-3H3. The molecule has 1 N–H and O–H groups in total. The van der Waals surface area contributed by atoms with Gasteiger partial charge in [-0.3, -0.25) is 0 Å². The molecule has 0 aliphatic heterocycles. The number of rotatable bonds is 6. The minimum absolute atomic E-state index is 0.683. The SMILES string of the molecule is CC(C)CNCCN(C)c1nncc2ccccc12. The molecule has 1 aromatic carbocycles. The van der Waals surface area contributed by atoms with E-state index in [0.717, 1.165) is 36.2 Å². The minimum atomic E-state index is 0.683. The Balaban J connectivity index is 2.03. The van der Waals surface area contributed by atoms with Crippen LogP contribution in [-0.4, -0.2) is 36.9 Å². The van der Waals surface area contributed by atoms with Gasteiger partial charge >= 0.3 is 0 Å². The summed E-state index contributed by atoms with van der Waals surface area (Å²) >= 11 is 0. The van der Waals surface area contributed by atoms with E-state index < -0.39 is 0 Å². The van der Waals surface area contributed by atoms with E-state index in [2.05, 4.69) is 53.4 Å². The van der Waals surface area contributed by atoms with Crippen LogP contribution in [0.3, 0.4) is 0 Å². The van der Waals surface area contributed by atoms with Crippen molar-refractivity contribution in [1.29, 1.82) is 0 Å². The molecule has 102 valence electrons. The molecule has 0 saturated carbocycles. The highest BCUT2D eigenvalue weighted by Gasteiger charge is 2.07. The predicted octanol–water partition coefficient (Wildman–Crippen LogP) is 2.31. The van der Waals surface area contributed by atoms with Crippen LogP contribution in [-0.2, 0) is 0 Å². The lowest BCUT2D eigenvalue weighted by molar-refractivity contribution is 0.554. The maximum Gasteiger partial charge on any atom is 0.158 e. The first kappa shape index (κ1) is 13.7. The van der Waals surface area contributed by atoms with E-state index in [9.17, 15) is 0 Å². The second kappa shape index (κ2) is 6.48. The van der Waals surface area contributed by atoms with Crippen molar-refractivity contribution in [3.63, 3.8) is 0 Å². The quantitative estimate of drug-likeness (QED) is 0.807. The molecule has 0 amide bonds. The zero-order valence-corrected chi connectivity index (χ0v) is 11.9. The van der Waals surface area contributed by atoms with Crippen molar-refractivity contribution in [2.24, 2.45) is 5.92 Å². The zero-order chi connectivity index (χ0) is 13.7. The third-order valence-electron chi connectivity index (χ3n) is 3.09. The number of nitrogens with one attached hydrogen (secondary N) is 1. The molecule has 4 heteroatoms. The Kier molecular flexibility index (Phi) is 4.68. The Bertz CT molecular complexity index is 519. The van der Waals surface area contributed by atoms with Gasteiger partial charge in [-0.2, -0.15) is 5.10 Å². The number of aromatic nitrogens is 2. The smallest absolute Gasteiger partial charge is 0.158 e. The number of fused-ring (bicyclic) bond motifs is 1. The summed E-state index contributed by atoms with van der Waals surface area (Å²) in [6, 6.07) is 8.23. The summed E-state index contributed by atoms with van der Waals surface area (Å²) in [4.78, 5) is 2.16. The second-order valence-corrected chi connectivity index (χ2v) is 5.27. The van der Waals surface area contributed by atoms with E-state index in [1.54, 1.807) is 0 Å². The fourth-order valence-corrected chi connectivity index (χ4v) is 2.04. The van der Waals surface area contributed by atoms with Gasteiger partial charge in [0.1, 0.15) is 0 Å². The largest absolute Gasteiger partial charge is 0.356 e. The van der Waals surface area contributed by atoms with Gasteiger partial charge in [0.15, 0.2) is 5.82 Å². The fourth-order valence-electron chi connectivity index (χ4n) is 2.04. The van der Waals surface area contributed by atoms with E-state index in [1.165, 1.54) is 0 Å². The summed E-state index contributed by atoms with van der Waals surface area (Å²) in [6.45, 7) is 7.36. The van der Waals surface area contributed by atoms with Gasteiger partial charge in [0.2, 0.25) is 0 Å². The third kappa shape index (κ3) is 3.64. The van der Waals surface area contributed by atoms with Crippen LogP contribution in [0.15, 0.2) is 30.5 Å². The topological polar surface area (TPSA) is 41.0 Å². The third-order valence-corrected chi connectivity index (χ3v) is 3.09. The molecule has 2 rings (SSSR count). The van der Waals surface area contributed by atoms with Crippen LogP contribution in [0, 0.1) is 5.92 Å². The summed E-state index contributed by atoms with van der Waals surface area (Å²) < 4.78 is 0. The first-order valence-electron chi connectivity index (χ1n) is 6.80. The zero-order valence-electron chi connectivity index (χ0n) is 11.9. The summed E-state index contributed by atoms with van der Waals surface area (Å²) in [6.07, 6.45) is 1.81. The molecule has 0 bridgehead atoms. The van der Waals surface area contributed by atoms with Gasteiger partial charge in [-0.15, -0.1) is 5.10 Å². The molecule has 4 nitrogen and oxygen atoms in total. The summed E-state index contributed by atoms with van der Waals surface area (Å²) in [5, 5.41) is 14.1. The number of anilines is 1. The molecule has 0 spiro atoms. The van der Waals surface area contributed by atoms with Crippen LogP contribution in [0.5, 0.6) is 0 Å². The van der Waals surface area contributed by atoms with Gasteiger partial charge in [-0.1, -0.05) is 38.1 Å².